The summed E-state index contributed by atoms with van der Waals surface area (Å²) in [6, 6.07) is 15.2. The van der Waals surface area contributed by atoms with Crippen molar-refractivity contribution in [2.24, 2.45) is 0 Å². The van der Waals surface area contributed by atoms with Crippen molar-refractivity contribution in [3.63, 3.8) is 0 Å². The van der Waals surface area contributed by atoms with Crippen molar-refractivity contribution in [2.75, 3.05) is 46.6 Å². The standard InChI is InChI=1S/C13H14O2.C10H19NO/c1-14-8-9-15-13-7-6-11-4-2-3-5-12(11)10-13;1-2-4-10(5-3-1)11-6-8-12-9-7-11/h2-7,10H,8-9H2,1H3;10H,1-9H2. The highest BCUT2D eigenvalue weighted by Crippen LogP contribution is 2.23. The van der Waals surface area contributed by atoms with Crippen LogP contribution < -0.4 is 4.74 Å². The topological polar surface area (TPSA) is 30.9 Å². The number of benzene rings is 2. The molecule has 0 bridgehead atoms. The van der Waals surface area contributed by atoms with Gasteiger partial charge in [0.15, 0.2) is 0 Å². The van der Waals surface area contributed by atoms with Gasteiger partial charge in [0.1, 0.15) is 12.4 Å². The molecule has 4 heteroatoms. The fourth-order valence-electron chi connectivity index (χ4n) is 3.89. The van der Waals surface area contributed by atoms with E-state index < -0.39 is 0 Å². The molecule has 2 aliphatic rings. The Morgan fingerprint density at radius 1 is 0.926 bits per heavy atom. The number of methoxy groups -OCH3 is 1. The maximum Gasteiger partial charge on any atom is 0.120 e. The van der Waals surface area contributed by atoms with Crippen molar-refractivity contribution < 1.29 is 14.2 Å². The van der Waals surface area contributed by atoms with Gasteiger partial charge in [0.05, 0.1) is 19.8 Å². The molecule has 1 saturated carbocycles. The maximum absolute atomic E-state index is 5.53. The van der Waals surface area contributed by atoms with E-state index in [1.54, 1.807) is 7.11 Å². The molecule has 0 atom stereocenters. The Labute approximate surface area is 163 Å². The molecule has 1 saturated heterocycles. The molecule has 1 aliphatic heterocycles. The highest BCUT2D eigenvalue weighted by molar-refractivity contribution is 5.83. The lowest BCUT2D eigenvalue weighted by Gasteiger charge is -2.36. The molecular weight excluding hydrogens is 338 g/mol. The third-order valence-electron chi connectivity index (χ3n) is 5.41. The van der Waals surface area contributed by atoms with Crippen LogP contribution in [0.25, 0.3) is 10.8 Å². The van der Waals surface area contributed by atoms with Gasteiger partial charge in [-0.2, -0.15) is 0 Å². The molecular formula is C23H33NO3. The van der Waals surface area contributed by atoms with Crippen molar-refractivity contribution in [1.82, 2.24) is 4.90 Å². The predicted molar refractivity (Wildman–Crippen MR) is 111 cm³/mol. The van der Waals surface area contributed by atoms with Crippen LogP contribution in [0, 0.1) is 0 Å². The number of nitrogens with zero attached hydrogens (tertiary/aromatic N) is 1. The lowest BCUT2D eigenvalue weighted by atomic mass is 9.94. The highest BCUT2D eigenvalue weighted by atomic mass is 16.5. The Hall–Kier alpha value is -1.62. The van der Waals surface area contributed by atoms with Gasteiger partial charge >= 0.3 is 0 Å². The average Bonchev–Trinajstić information content (AvgIpc) is 2.76. The Kier molecular flexibility index (Phi) is 8.40. The zero-order valence-corrected chi connectivity index (χ0v) is 16.6. The van der Waals surface area contributed by atoms with Crippen LogP contribution in [-0.2, 0) is 9.47 Å². The smallest absolute Gasteiger partial charge is 0.120 e. The number of rotatable bonds is 5. The Morgan fingerprint density at radius 2 is 1.67 bits per heavy atom. The van der Waals surface area contributed by atoms with E-state index in [0.717, 1.165) is 25.0 Å². The Morgan fingerprint density at radius 3 is 2.41 bits per heavy atom. The molecule has 0 spiro atoms. The first-order valence-electron chi connectivity index (χ1n) is 10.3. The van der Waals surface area contributed by atoms with Crippen molar-refractivity contribution in [2.45, 2.75) is 38.1 Å². The van der Waals surface area contributed by atoms with Crippen LogP contribution in [0.5, 0.6) is 5.75 Å². The summed E-state index contributed by atoms with van der Waals surface area (Å²) in [5.74, 6) is 0.894. The lowest BCUT2D eigenvalue weighted by Crippen LogP contribution is -2.44. The van der Waals surface area contributed by atoms with Gasteiger partial charge in [0.25, 0.3) is 0 Å². The minimum atomic E-state index is 0.592. The van der Waals surface area contributed by atoms with Gasteiger partial charge in [-0.25, -0.2) is 0 Å². The van der Waals surface area contributed by atoms with Crippen molar-refractivity contribution in [3.05, 3.63) is 42.5 Å². The van der Waals surface area contributed by atoms with Crippen LogP contribution in [0.2, 0.25) is 0 Å². The number of morpholine rings is 1. The normalized spacial score (nSPS) is 18.7. The zero-order chi connectivity index (χ0) is 18.7. The summed E-state index contributed by atoms with van der Waals surface area (Å²) in [7, 11) is 1.67. The maximum atomic E-state index is 5.53. The zero-order valence-electron chi connectivity index (χ0n) is 16.6. The molecule has 0 radical (unpaired) electrons. The van der Waals surface area contributed by atoms with E-state index in [-0.39, 0.29) is 0 Å². The molecule has 0 N–H and O–H groups in total. The van der Waals surface area contributed by atoms with Gasteiger partial charge in [-0.1, -0.05) is 49.6 Å². The first-order chi connectivity index (χ1) is 13.4. The molecule has 27 heavy (non-hydrogen) atoms. The van der Waals surface area contributed by atoms with Crippen LogP contribution in [0.1, 0.15) is 32.1 Å². The highest BCUT2D eigenvalue weighted by Gasteiger charge is 2.22. The Balaban J connectivity index is 0.000000159. The van der Waals surface area contributed by atoms with E-state index in [4.69, 9.17) is 14.2 Å². The summed E-state index contributed by atoms with van der Waals surface area (Å²) in [6.07, 6.45) is 7.21. The molecule has 0 amide bonds. The molecule has 2 fully saturated rings. The molecule has 0 aromatic heterocycles. The molecule has 148 valence electrons. The molecule has 4 rings (SSSR count). The second-order valence-corrected chi connectivity index (χ2v) is 7.29. The fourth-order valence-corrected chi connectivity index (χ4v) is 3.89. The first kappa shape index (κ1) is 20.1. The quantitative estimate of drug-likeness (QED) is 0.723. The van der Waals surface area contributed by atoms with Crippen LogP contribution in [-0.4, -0.2) is 57.6 Å². The summed E-state index contributed by atoms with van der Waals surface area (Å²) in [6.45, 7) is 5.46. The lowest BCUT2D eigenvalue weighted by molar-refractivity contribution is 0.00858. The van der Waals surface area contributed by atoms with E-state index in [0.29, 0.717) is 13.2 Å². The van der Waals surface area contributed by atoms with E-state index in [1.807, 2.05) is 24.3 Å². The molecule has 1 aliphatic carbocycles. The fraction of sp³-hybridized carbons (Fsp3) is 0.565. The first-order valence-corrected chi connectivity index (χ1v) is 10.3. The Bertz CT molecular complexity index is 647. The van der Waals surface area contributed by atoms with Gasteiger partial charge in [-0.3, -0.25) is 4.90 Å². The van der Waals surface area contributed by atoms with Crippen LogP contribution in [0.15, 0.2) is 42.5 Å². The summed E-state index contributed by atoms with van der Waals surface area (Å²) < 4.78 is 15.8. The largest absolute Gasteiger partial charge is 0.491 e. The predicted octanol–water partition coefficient (Wildman–Crippen LogP) is 4.52. The van der Waals surface area contributed by atoms with Crippen LogP contribution in [0.4, 0.5) is 0 Å². The molecule has 2 aromatic carbocycles. The van der Waals surface area contributed by atoms with Gasteiger partial charge in [0.2, 0.25) is 0 Å². The number of fused-ring (bicyclic) bond motifs is 1. The van der Waals surface area contributed by atoms with E-state index in [1.165, 1.54) is 56.0 Å². The monoisotopic (exact) mass is 371 g/mol. The van der Waals surface area contributed by atoms with Gasteiger partial charge in [-0.15, -0.1) is 0 Å². The second-order valence-electron chi connectivity index (χ2n) is 7.29. The molecule has 1 heterocycles. The number of hydrogen-bond acceptors (Lipinski definition) is 4. The molecule has 0 unspecified atom stereocenters. The van der Waals surface area contributed by atoms with Crippen molar-refractivity contribution in [1.29, 1.82) is 0 Å². The summed E-state index contributed by atoms with van der Waals surface area (Å²) in [5.41, 5.74) is 0. The molecule has 2 aromatic rings. The van der Waals surface area contributed by atoms with Crippen molar-refractivity contribution in [3.8, 4) is 5.75 Å². The van der Waals surface area contributed by atoms with E-state index >= 15 is 0 Å². The van der Waals surface area contributed by atoms with Crippen molar-refractivity contribution >= 4 is 10.8 Å². The average molecular weight is 372 g/mol. The summed E-state index contributed by atoms with van der Waals surface area (Å²) in [5, 5.41) is 2.43. The van der Waals surface area contributed by atoms with Gasteiger partial charge in [-0.05, 0) is 35.7 Å². The summed E-state index contributed by atoms with van der Waals surface area (Å²) in [4.78, 5) is 2.63. The minimum Gasteiger partial charge on any atom is -0.491 e. The third-order valence-corrected chi connectivity index (χ3v) is 5.41. The van der Waals surface area contributed by atoms with E-state index in [9.17, 15) is 0 Å². The van der Waals surface area contributed by atoms with Gasteiger partial charge < -0.3 is 14.2 Å². The third kappa shape index (κ3) is 6.49. The van der Waals surface area contributed by atoms with E-state index in [2.05, 4.69) is 23.1 Å². The minimum absolute atomic E-state index is 0.592. The molecule has 4 nitrogen and oxygen atoms in total. The second kappa shape index (κ2) is 11.3. The number of ether oxygens (including phenoxy) is 3. The van der Waals surface area contributed by atoms with Crippen LogP contribution in [0.3, 0.4) is 0 Å². The SMILES string of the molecule is C1CCC(N2CCOCC2)CC1.COCCOc1ccc2ccccc2c1. The number of hydrogen-bond donors (Lipinski definition) is 0. The van der Waals surface area contributed by atoms with Crippen LogP contribution >= 0.6 is 0 Å². The summed E-state index contributed by atoms with van der Waals surface area (Å²) >= 11 is 0. The van der Waals surface area contributed by atoms with Gasteiger partial charge in [0, 0.05) is 26.2 Å².